The average molecular weight is 464 g/mol. The fourth-order valence-corrected chi connectivity index (χ4v) is 3.22. The van der Waals surface area contributed by atoms with Gasteiger partial charge < -0.3 is 20.5 Å². The maximum absolute atomic E-state index is 13.0. The van der Waals surface area contributed by atoms with E-state index in [1.807, 2.05) is 30.3 Å². The minimum absolute atomic E-state index is 0.0549. The summed E-state index contributed by atoms with van der Waals surface area (Å²) in [6.45, 7) is -0.0549. The summed E-state index contributed by atoms with van der Waals surface area (Å²) in [5, 5.41) is 14.5. The van der Waals surface area contributed by atoms with Crippen LogP contribution in [0.5, 0.6) is 0 Å². The number of halogens is 1. The third-order valence-electron chi connectivity index (χ3n) is 5.04. The topological polar surface area (TPSA) is 105 Å². The van der Waals surface area contributed by atoms with Crippen LogP contribution in [-0.4, -0.2) is 29.1 Å². The first-order chi connectivity index (χ1) is 16.4. The molecular weight excluding hydrogens is 439 g/mol. The van der Waals surface area contributed by atoms with E-state index in [1.54, 1.807) is 36.4 Å². The van der Waals surface area contributed by atoms with Crippen molar-refractivity contribution in [3.63, 3.8) is 0 Å². The van der Waals surface area contributed by atoms with Gasteiger partial charge in [-0.2, -0.15) is 0 Å². The van der Waals surface area contributed by atoms with Gasteiger partial charge in [0.25, 0.3) is 0 Å². The van der Waals surface area contributed by atoms with E-state index in [1.165, 1.54) is 12.1 Å². The van der Waals surface area contributed by atoms with Crippen LogP contribution in [0.25, 0.3) is 0 Å². The van der Waals surface area contributed by atoms with Gasteiger partial charge in [-0.1, -0.05) is 54.6 Å². The molecule has 0 aliphatic rings. The van der Waals surface area contributed by atoms with Crippen LogP contribution in [-0.2, 0) is 33.8 Å². The van der Waals surface area contributed by atoms with Crippen molar-refractivity contribution in [1.29, 1.82) is 0 Å². The zero-order valence-electron chi connectivity index (χ0n) is 18.4. The molecule has 3 N–H and O–H groups in total. The van der Waals surface area contributed by atoms with Gasteiger partial charge in [0.15, 0.2) is 0 Å². The van der Waals surface area contributed by atoms with Crippen molar-refractivity contribution in [2.24, 2.45) is 0 Å². The number of alkyl carbamates (subject to hydrolysis) is 1. The number of carbonyl (C=O) groups is 3. The van der Waals surface area contributed by atoms with Crippen LogP contribution in [0.2, 0.25) is 0 Å². The Bertz CT molecular complexity index is 1100. The summed E-state index contributed by atoms with van der Waals surface area (Å²) in [7, 11) is 0. The van der Waals surface area contributed by atoms with Gasteiger partial charge >= 0.3 is 12.1 Å². The molecule has 2 amide bonds. The minimum atomic E-state index is -1.13. The van der Waals surface area contributed by atoms with E-state index in [9.17, 15) is 23.9 Å². The van der Waals surface area contributed by atoms with Crippen molar-refractivity contribution in [1.82, 2.24) is 5.32 Å². The first-order valence-corrected chi connectivity index (χ1v) is 10.7. The second kappa shape index (κ2) is 12.2. The molecule has 0 spiro atoms. The quantitative estimate of drug-likeness (QED) is 0.415. The molecule has 0 unspecified atom stereocenters. The molecule has 3 aromatic carbocycles. The number of carboxylic acids is 1. The summed E-state index contributed by atoms with van der Waals surface area (Å²) in [5.74, 6) is -1.74. The van der Waals surface area contributed by atoms with Gasteiger partial charge in [0.05, 0.1) is 6.42 Å². The van der Waals surface area contributed by atoms with Crippen molar-refractivity contribution in [3.05, 3.63) is 101 Å². The Kier molecular flexibility index (Phi) is 8.73. The Morgan fingerprint density at radius 2 is 1.50 bits per heavy atom. The Morgan fingerprint density at radius 1 is 0.853 bits per heavy atom. The van der Waals surface area contributed by atoms with Crippen molar-refractivity contribution >= 4 is 23.7 Å². The van der Waals surface area contributed by atoms with Crippen LogP contribution in [0.15, 0.2) is 78.9 Å². The molecule has 0 fully saturated rings. The lowest BCUT2D eigenvalue weighted by atomic mass is 10.1. The highest BCUT2D eigenvalue weighted by atomic mass is 19.1. The number of benzene rings is 3. The molecule has 0 radical (unpaired) electrons. The molecule has 176 valence electrons. The smallest absolute Gasteiger partial charge is 0.408 e. The molecule has 0 saturated carbocycles. The fourth-order valence-electron chi connectivity index (χ4n) is 3.22. The predicted molar refractivity (Wildman–Crippen MR) is 125 cm³/mol. The van der Waals surface area contributed by atoms with E-state index < -0.39 is 18.1 Å². The van der Waals surface area contributed by atoms with Crippen LogP contribution in [0.3, 0.4) is 0 Å². The number of nitrogens with one attached hydrogen (secondary N) is 2. The van der Waals surface area contributed by atoms with Crippen LogP contribution < -0.4 is 10.6 Å². The SMILES string of the molecule is O=C(Cc1ccc(F)cc1)Nc1ccc(COC(=O)N[C@H](CCc2ccccc2)C(=O)O)cc1. The molecule has 34 heavy (non-hydrogen) atoms. The Morgan fingerprint density at radius 3 is 2.15 bits per heavy atom. The highest BCUT2D eigenvalue weighted by molar-refractivity contribution is 5.92. The van der Waals surface area contributed by atoms with Crippen molar-refractivity contribution in [2.75, 3.05) is 5.32 Å². The third-order valence-corrected chi connectivity index (χ3v) is 5.04. The predicted octanol–water partition coefficient (Wildman–Crippen LogP) is 4.32. The van der Waals surface area contributed by atoms with E-state index in [0.717, 1.165) is 5.56 Å². The Hall–Kier alpha value is -4.20. The number of amides is 2. The van der Waals surface area contributed by atoms with E-state index in [0.29, 0.717) is 23.2 Å². The first-order valence-electron chi connectivity index (χ1n) is 10.7. The molecule has 3 aromatic rings. The van der Waals surface area contributed by atoms with Gasteiger partial charge in [-0.05, 0) is 53.8 Å². The van der Waals surface area contributed by atoms with E-state index in [2.05, 4.69) is 10.6 Å². The molecule has 0 aliphatic carbocycles. The number of carbonyl (C=O) groups excluding carboxylic acids is 2. The summed E-state index contributed by atoms with van der Waals surface area (Å²) in [6.07, 6.45) is 0.0326. The highest BCUT2D eigenvalue weighted by Gasteiger charge is 2.20. The first kappa shape index (κ1) is 24.4. The summed E-state index contributed by atoms with van der Waals surface area (Å²) >= 11 is 0. The van der Waals surface area contributed by atoms with Crippen LogP contribution >= 0.6 is 0 Å². The monoisotopic (exact) mass is 464 g/mol. The van der Waals surface area contributed by atoms with Gasteiger partial charge in [0.1, 0.15) is 18.5 Å². The molecule has 0 aromatic heterocycles. The van der Waals surface area contributed by atoms with E-state index >= 15 is 0 Å². The number of ether oxygens (including phenoxy) is 1. The Labute approximate surface area is 196 Å². The minimum Gasteiger partial charge on any atom is -0.480 e. The Balaban J connectivity index is 1.43. The van der Waals surface area contributed by atoms with Gasteiger partial charge in [-0.3, -0.25) is 4.79 Å². The van der Waals surface area contributed by atoms with Gasteiger partial charge in [-0.15, -0.1) is 0 Å². The largest absolute Gasteiger partial charge is 0.480 e. The maximum Gasteiger partial charge on any atom is 0.408 e. The molecule has 7 nitrogen and oxygen atoms in total. The lowest BCUT2D eigenvalue weighted by molar-refractivity contribution is -0.139. The van der Waals surface area contributed by atoms with Crippen LogP contribution in [0.1, 0.15) is 23.1 Å². The summed E-state index contributed by atoms with van der Waals surface area (Å²) in [6, 6.07) is 20.8. The zero-order chi connectivity index (χ0) is 24.3. The zero-order valence-corrected chi connectivity index (χ0v) is 18.4. The number of hydrogen-bond donors (Lipinski definition) is 3. The number of anilines is 1. The fraction of sp³-hybridized carbons (Fsp3) is 0.192. The number of aryl methyl sites for hydroxylation is 1. The lowest BCUT2D eigenvalue weighted by Crippen LogP contribution is -2.41. The standard InChI is InChI=1S/C26H25FN2O5/c27-21-11-6-19(7-12-21)16-24(30)28-22-13-8-20(9-14-22)17-34-26(33)29-23(25(31)32)15-10-18-4-2-1-3-5-18/h1-9,11-14,23H,10,15-17H2,(H,28,30)(H,29,33)(H,31,32)/t23-/m1/s1. The molecule has 0 bridgehead atoms. The normalized spacial score (nSPS) is 11.3. The highest BCUT2D eigenvalue weighted by Crippen LogP contribution is 2.12. The molecule has 1 atom stereocenters. The van der Waals surface area contributed by atoms with Crippen molar-refractivity contribution in [2.45, 2.75) is 31.9 Å². The second-order valence-electron chi connectivity index (χ2n) is 7.68. The molecule has 3 rings (SSSR count). The summed E-state index contributed by atoms with van der Waals surface area (Å²) in [5.41, 5.74) is 2.90. The maximum atomic E-state index is 13.0. The number of hydrogen-bond acceptors (Lipinski definition) is 4. The van der Waals surface area contributed by atoms with Crippen LogP contribution in [0.4, 0.5) is 14.9 Å². The molecule has 0 heterocycles. The van der Waals surface area contributed by atoms with Gasteiger partial charge in [0.2, 0.25) is 5.91 Å². The molecule has 0 saturated heterocycles. The van der Waals surface area contributed by atoms with E-state index in [-0.39, 0.29) is 31.2 Å². The molecule has 0 aliphatic heterocycles. The number of aliphatic carboxylic acids is 1. The van der Waals surface area contributed by atoms with Gasteiger partial charge in [-0.25, -0.2) is 14.0 Å². The second-order valence-corrected chi connectivity index (χ2v) is 7.68. The van der Waals surface area contributed by atoms with Crippen molar-refractivity contribution < 1.29 is 28.6 Å². The average Bonchev–Trinajstić information content (AvgIpc) is 2.83. The van der Waals surface area contributed by atoms with Crippen LogP contribution in [0, 0.1) is 5.82 Å². The van der Waals surface area contributed by atoms with Crippen molar-refractivity contribution in [3.8, 4) is 0 Å². The number of rotatable bonds is 10. The number of carboxylic acid groups (broad SMARTS) is 1. The van der Waals surface area contributed by atoms with E-state index in [4.69, 9.17) is 4.74 Å². The lowest BCUT2D eigenvalue weighted by Gasteiger charge is -2.15. The van der Waals surface area contributed by atoms with Gasteiger partial charge in [0, 0.05) is 5.69 Å². The third kappa shape index (κ3) is 8.05. The molecule has 8 heteroatoms. The molecular formula is C26H25FN2O5. The summed E-state index contributed by atoms with van der Waals surface area (Å²) < 4.78 is 18.1. The summed E-state index contributed by atoms with van der Waals surface area (Å²) in [4.78, 5) is 35.7.